The molecule has 1 aliphatic heterocycles. The van der Waals surface area contributed by atoms with E-state index in [0.29, 0.717) is 19.5 Å². The highest BCUT2D eigenvalue weighted by Gasteiger charge is 2.50. The van der Waals surface area contributed by atoms with E-state index in [0.717, 1.165) is 27.7 Å². The Morgan fingerprint density at radius 2 is 1.42 bits per heavy atom. The van der Waals surface area contributed by atoms with Gasteiger partial charge >= 0.3 is 23.9 Å². The molecule has 0 aromatic rings. The molecule has 11 heteroatoms. The third kappa shape index (κ3) is 9.78. The van der Waals surface area contributed by atoms with Gasteiger partial charge in [-0.3, -0.25) is 19.2 Å². The molecule has 0 spiro atoms. The molecule has 0 saturated carbocycles. The van der Waals surface area contributed by atoms with Crippen LogP contribution in [0.25, 0.3) is 0 Å². The summed E-state index contributed by atoms with van der Waals surface area (Å²) < 4.78 is 32.5. The first kappa shape index (κ1) is 26.4. The largest absolute Gasteiger partial charge is 0.456 e. The van der Waals surface area contributed by atoms with Crippen LogP contribution in [0.15, 0.2) is 0 Å². The monoisotopic (exact) mass is 443 g/mol. The Hall–Kier alpha value is -2.68. The highest BCUT2D eigenvalue weighted by atomic mass is 16.7. The topological polar surface area (TPSA) is 136 Å². The van der Waals surface area contributed by atoms with Crippen LogP contribution >= 0.6 is 0 Å². The average molecular weight is 443 g/mol. The van der Waals surface area contributed by atoms with Gasteiger partial charge in [0, 0.05) is 47.2 Å². The van der Waals surface area contributed by atoms with Crippen molar-refractivity contribution in [1.29, 1.82) is 0 Å². The molecular formula is C20H29NO10. The number of nitrogens with one attached hydrogen (secondary N) is 1. The Labute approximate surface area is 181 Å². The van der Waals surface area contributed by atoms with Gasteiger partial charge in [-0.2, -0.15) is 0 Å². The van der Waals surface area contributed by atoms with Crippen molar-refractivity contribution in [3.8, 4) is 12.3 Å². The Morgan fingerprint density at radius 1 is 0.871 bits per heavy atom. The van der Waals surface area contributed by atoms with Crippen molar-refractivity contribution < 1.29 is 47.6 Å². The predicted molar refractivity (Wildman–Crippen MR) is 104 cm³/mol. The molecule has 1 saturated heterocycles. The van der Waals surface area contributed by atoms with Crippen LogP contribution < -0.4 is 5.32 Å². The summed E-state index contributed by atoms with van der Waals surface area (Å²) >= 11 is 0. The van der Waals surface area contributed by atoms with E-state index in [1.54, 1.807) is 0 Å². The molecule has 1 aliphatic rings. The van der Waals surface area contributed by atoms with Gasteiger partial charge in [0.15, 0.2) is 30.7 Å². The van der Waals surface area contributed by atoms with Gasteiger partial charge in [0.2, 0.25) is 0 Å². The van der Waals surface area contributed by atoms with Crippen LogP contribution in [0.2, 0.25) is 0 Å². The quantitative estimate of drug-likeness (QED) is 0.206. The number of esters is 4. The summed E-state index contributed by atoms with van der Waals surface area (Å²) in [5.41, 5.74) is 0. The van der Waals surface area contributed by atoms with Gasteiger partial charge in [0.25, 0.3) is 0 Å². The van der Waals surface area contributed by atoms with E-state index in [-0.39, 0.29) is 13.2 Å². The maximum Gasteiger partial charge on any atom is 0.303 e. The maximum atomic E-state index is 11.8. The zero-order valence-electron chi connectivity index (χ0n) is 18.1. The van der Waals surface area contributed by atoms with Gasteiger partial charge in [-0.1, -0.05) is 0 Å². The van der Waals surface area contributed by atoms with Crippen LogP contribution in [0.4, 0.5) is 0 Å². The molecule has 1 N–H and O–H groups in total. The molecule has 4 unspecified atom stereocenters. The summed E-state index contributed by atoms with van der Waals surface area (Å²) in [6.45, 7) is 5.45. The standard InChI is InChI=1S/C20H29NO10/c1-6-7-8-21-9-10-26-20-19(31-15(5)25)18(30-14(4)24)17(29-13(3)23)16(11-27-20)28-12(2)22/h1,16-21H,7-11H2,2-5H3/t16?,17?,18?,19?,20-/m1/s1. The molecule has 174 valence electrons. The molecule has 1 fully saturated rings. The van der Waals surface area contributed by atoms with Gasteiger partial charge in [0.1, 0.15) is 0 Å². The molecule has 0 aromatic carbocycles. The molecule has 11 nitrogen and oxygen atoms in total. The molecule has 0 amide bonds. The molecule has 0 bridgehead atoms. The molecule has 0 aromatic heterocycles. The van der Waals surface area contributed by atoms with E-state index < -0.39 is 54.6 Å². The zero-order valence-corrected chi connectivity index (χ0v) is 18.1. The number of carbonyl (C=O) groups excluding carboxylic acids is 4. The Balaban J connectivity index is 3.15. The van der Waals surface area contributed by atoms with Crippen molar-refractivity contribution in [3.63, 3.8) is 0 Å². The minimum absolute atomic E-state index is 0.135. The minimum Gasteiger partial charge on any atom is -0.456 e. The van der Waals surface area contributed by atoms with Crippen LogP contribution in [0.1, 0.15) is 34.1 Å². The molecule has 0 aliphatic carbocycles. The Bertz CT molecular complexity index is 673. The van der Waals surface area contributed by atoms with E-state index in [9.17, 15) is 19.2 Å². The summed E-state index contributed by atoms with van der Waals surface area (Å²) in [6, 6.07) is 0. The van der Waals surface area contributed by atoms with E-state index in [1.165, 1.54) is 0 Å². The fourth-order valence-corrected chi connectivity index (χ4v) is 2.90. The third-order valence-electron chi connectivity index (χ3n) is 3.94. The van der Waals surface area contributed by atoms with Gasteiger partial charge in [-0.15, -0.1) is 12.3 Å². The van der Waals surface area contributed by atoms with Gasteiger partial charge in [-0.25, -0.2) is 0 Å². The van der Waals surface area contributed by atoms with Crippen molar-refractivity contribution in [1.82, 2.24) is 5.32 Å². The minimum atomic E-state index is -1.35. The summed E-state index contributed by atoms with van der Waals surface area (Å²) in [4.78, 5) is 46.8. The van der Waals surface area contributed by atoms with E-state index >= 15 is 0 Å². The van der Waals surface area contributed by atoms with Crippen LogP contribution in [0.3, 0.4) is 0 Å². The van der Waals surface area contributed by atoms with Crippen molar-refractivity contribution in [2.75, 3.05) is 26.3 Å². The van der Waals surface area contributed by atoms with Crippen molar-refractivity contribution in [2.45, 2.75) is 64.8 Å². The highest BCUT2D eigenvalue weighted by Crippen LogP contribution is 2.27. The Kier molecular flexibility index (Phi) is 11.6. The lowest BCUT2D eigenvalue weighted by Gasteiger charge is -2.33. The SMILES string of the molecule is C#CCCNCCO[C@@H]1OCC(OC(C)=O)C(OC(C)=O)C(OC(C)=O)C1OC(C)=O. The molecule has 1 rings (SSSR count). The van der Waals surface area contributed by atoms with Crippen LogP contribution in [-0.2, 0) is 47.6 Å². The lowest BCUT2D eigenvalue weighted by Crippen LogP contribution is -2.53. The smallest absolute Gasteiger partial charge is 0.303 e. The van der Waals surface area contributed by atoms with Crippen LogP contribution in [0.5, 0.6) is 0 Å². The molecular weight excluding hydrogens is 414 g/mol. The second-order valence-electron chi connectivity index (χ2n) is 6.65. The molecule has 0 radical (unpaired) electrons. The molecule has 5 atom stereocenters. The first-order chi connectivity index (χ1) is 14.6. The predicted octanol–water partition coefficient (Wildman–Crippen LogP) is -0.301. The van der Waals surface area contributed by atoms with Crippen LogP contribution in [0, 0.1) is 12.3 Å². The first-order valence-corrected chi connectivity index (χ1v) is 9.72. The number of rotatable bonds is 10. The van der Waals surface area contributed by atoms with E-state index in [2.05, 4.69) is 11.2 Å². The average Bonchev–Trinajstić information content (AvgIpc) is 2.76. The van der Waals surface area contributed by atoms with Gasteiger partial charge in [-0.05, 0) is 0 Å². The number of terminal acetylenes is 1. The fourth-order valence-electron chi connectivity index (χ4n) is 2.90. The summed E-state index contributed by atoms with van der Waals surface area (Å²) in [5, 5.41) is 3.06. The summed E-state index contributed by atoms with van der Waals surface area (Å²) in [5.74, 6) is -0.352. The van der Waals surface area contributed by atoms with E-state index in [4.69, 9.17) is 34.8 Å². The van der Waals surface area contributed by atoms with Crippen molar-refractivity contribution in [2.24, 2.45) is 0 Å². The molecule has 31 heavy (non-hydrogen) atoms. The van der Waals surface area contributed by atoms with Gasteiger partial charge < -0.3 is 33.7 Å². The second kappa shape index (κ2) is 13.6. The normalized spacial score (nSPS) is 25.5. The number of ether oxygens (including phenoxy) is 6. The fraction of sp³-hybridized carbons (Fsp3) is 0.700. The van der Waals surface area contributed by atoms with Crippen molar-refractivity contribution in [3.05, 3.63) is 0 Å². The number of hydrogen-bond donors (Lipinski definition) is 1. The lowest BCUT2D eigenvalue weighted by molar-refractivity contribution is -0.228. The number of hydrogen-bond acceptors (Lipinski definition) is 11. The number of carbonyl (C=O) groups is 4. The highest BCUT2D eigenvalue weighted by molar-refractivity contribution is 5.69. The third-order valence-corrected chi connectivity index (χ3v) is 3.94. The first-order valence-electron chi connectivity index (χ1n) is 9.72. The van der Waals surface area contributed by atoms with Crippen LogP contribution in [-0.4, -0.2) is 80.9 Å². The summed E-state index contributed by atoms with van der Waals surface area (Å²) in [6.07, 6.45) is -0.536. The van der Waals surface area contributed by atoms with Crippen molar-refractivity contribution >= 4 is 23.9 Å². The lowest BCUT2D eigenvalue weighted by atomic mass is 10.0. The second-order valence-corrected chi connectivity index (χ2v) is 6.65. The Morgan fingerprint density at radius 3 is 1.97 bits per heavy atom. The van der Waals surface area contributed by atoms with Gasteiger partial charge in [0.05, 0.1) is 13.2 Å². The molecule has 1 heterocycles. The zero-order chi connectivity index (χ0) is 23.4. The summed E-state index contributed by atoms with van der Waals surface area (Å²) in [7, 11) is 0. The maximum absolute atomic E-state index is 11.8. The van der Waals surface area contributed by atoms with E-state index in [1.807, 2.05) is 0 Å².